The Morgan fingerprint density at radius 3 is 2.74 bits per heavy atom. The number of pyridine rings is 2. The van der Waals surface area contributed by atoms with E-state index in [0.717, 1.165) is 29.7 Å². The van der Waals surface area contributed by atoms with Gasteiger partial charge in [-0.15, -0.1) is 0 Å². The van der Waals surface area contributed by atoms with Gasteiger partial charge in [-0.05, 0) is 60.4 Å². The fraction of sp³-hybridized carbons (Fsp3) is 0.318. The number of benzene rings is 1. The molecule has 27 heavy (non-hydrogen) atoms. The van der Waals surface area contributed by atoms with Gasteiger partial charge in [0.1, 0.15) is 5.69 Å². The molecule has 0 bridgehead atoms. The van der Waals surface area contributed by atoms with Gasteiger partial charge in [0.15, 0.2) is 5.43 Å². The maximum atomic E-state index is 12.7. The van der Waals surface area contributed by atoms with Crippen LogP contribution in [0.1, 0.15) is 47.4 Å². The van der Waals surface area contributed by atoms with E-state index in [1.807, 2.05) is 0 Å². The number of nitrogens with zero attached hydrogens (tertiary/aromatic N) is 1. The molecule has 1 aromatic carbocycles. The molecule has 5 heteroatoms. The van der Waals surface area contributed by atoms with Gasteiger partial charge < -0.3 is 10.7 Å². The van der Waals surface area contributed by atoms with Gasteiger partial charge in [0, 0.05) is 23.5 Å². The number of aromatic nitrogens is 2. The Bertz CT molecular complexity index is 1140. The number of rotatable bonds is 2. The fourth-order valence-corrected chi connectivity index (χ4v) is 4.11. The van der Waals surface area contributed by atoms with E-state index in [0.29, 0.717) is 10.9 Å². The molecule has 0 unspecified atom stereocenters. The molecule has 3 N–H and O–H groups in total. The number of hydrogen-bond acceptors (Lipinski definition) is 3. The fourth-order valence-electron chi connectivity index (χ4n) is 4.11. The van der Waals surface area contributed by atoms with Crippen molar-refractivity contribution in [1.82, 2.24) is 9.97 Å². The van der Waals surface area contributed by atoms with Crippen LogP contribution in [0.15, 0.2) is 35.3 Å². The molecule has 0 saturated heterocycles. The van der Waals surface area contributed by atoms with E-state index in [9.17, 15) is 9.59 Å². The molecule has 0 spiro atoms. The van der Waals surface area contributed by atoms with Crippen LogP contribution in [-0.2, 0) is 12.8 Å². The number of carbonyl (C=O) groups is 1. The lowest BCUT2D eigenvalue weighted by molar-refractivity contribution is 0.0997. The van der Waals surface area contributed by atoms with Gasteiger partial charge in [0.25, 0.3) is 5.91 Å². The van der Waals surface area contributed by atoms with E-state index in [1.54, 1.807) is 12.1 Å². The highest BCUT2D eigenvalue weighted by atomic mass is 16.1. The quantitative estimate of drug-likeness (QED) is 0.732. The number of primary amides is 1. The maximum Gasteiger partial charge on any atom is 0.268 e. The molecule has 0 radical (unpaired) electrons. The minimum atomic E-state index is -0.703. The van der Waals surface area contributed by atoms with Crippen LogP contribution in [0.25, 0.3) is 22.2 Å². The highest BCUT2D eigenvalue weighted by Gasteiger charge is 2.26. The zero-order valence-corrected chi connectivity index (χ0v) is 15.8. The summed E-state index contributed by atoms with van der Waals surface area (Å²) >= 11 is 0. The van der Waals surface area contributed by atoms with Crippen LogP contribution in [0.5, 0.6) is 0 Å². The van der Waals surface area contributed by atoms with Crippen molar-refractivity contribution < 1.29 is 4.79 Å². The molecule has 5 nitrogen and oxygen atoms in total. The highest BCUT2D eigenvalue weighted by Crippen LogP contribution is 2.37. The van der Waals surface area contributed by atoms with Crippen LogP contribution in [0, 0.1) is 12.3 Å². The number of aromatic amines is 1. The van der Waals surface area contributed by atoms with Crippen LogP contribution in [0.2, 0.25) is 0 Å². The van der Waals surface area contributed by atoms with Crippen molar-refractivity contribution in [2.24, 2.45) is 11.1 Å². The molecule has 3 aromatic rings. The van der Waals surface area contributed by atoms with Gasteiger partial charge in [0.2, 0.25) is 0 Å². The lowest BCUT2D eigenvalue weighted by Crippen LogP contribution is -2.22. The summed E-state index contributed by atoms with van der Waals surface area (Å²) in [5.41, 5.74) is 11.6. The second-order valence-electron chi connectivity index (χ2n) is 8.27. The number of nitrogens with one attached hydrogen (secondary N) is 1. The zero-order valence-electron chi connectivity index (χ0n) is 15.8. The average Bonchev–Trinajstić information content (AvgIpc) is 2.60. The van der Waals surface area contributed by atoms with Crippen molar-refractivity contribution in [3.63, 3.8) is 0 Å². The molecule has 1 amide bonds. The molecular formula is C22H23N3O2. The predicted molar refractivity (Wildman–Crippen MR) is 107 cm³/mol. The Balaban J connectivity index is 1.91. The molecule has 0 aliphatic heterocycles. The third kappa shape index (κ3) is 3.03. The third-order valence-corrected chi connectivity index (χ3v) is 5.55. The van der Waals surface area contributed by atoms with Crippen LogP contribution < -0.4 is 11.2 Å². The van der Waals surface area contributed by atoms with E-state index < -0.39 is 5.91 Å². The first-order chi connectivity index (χ1) is 12.7. The topological polar surface area (TPSA) is 88.8 Å². The van der Waals surface area contributed by atoms with Gasteiger partial charge in [-0.2, -0.15) is 0 Å². The summed E-state index contributed by atoms with van der Waals surface area (Å²) in [6.07, 6.45) is 4.80. The number of carbonyl (C=O) groups excluding carboxylic acids is 1. The maximum absolute atomic E-state index is 12.7. The van der Waals surface area contributed by atoms with Gasteiger partial charge in [-0.25, -0.2) is 0 Å². The Morgan fingerprint density at radius 1 is 1.22 bits per heavy atom. The van der Waals surface area contributed by atoms with Crippen molar-refractivity contribution in [2.75, 3.05) is 0 Å². The first-order valence-corrected chi connectivity index (χ1v) is 9.20. The monoisotopic (exact) mass is 361 g/mol. The van der Waals surface area contributed by atoms with Gasteiger partial charge in [-0.3, -0.25) is 14.6 Å². The van der Waals surface area contributed by atoms with Crippen LogP contribution in [-0.4, -0.2) is 15.9 Å². The molecule has 0 atom stereocenters. The van der Waals surface area contributed by atoms with Crippen molar-refractivity contribution in [1.29, 1.82) is 0 Å². The van der Waals surface area contributed by atoms with E-state index in [2.05, 4.69) is 42.9 Å². The number of aryl methyl sites for hydroxylation is 2. The molecule has 1 aliphatic rings. The smallest absolute Gasteiger partial charge is 0.268 e. The van der Waals surface area contributed by atoms with E-state index in [-0.39, 0.29) is 16.5 Å². The lowest BCUT2D eigenvalue weighted by Gasteiger charge is -2.32. The minimum absolute atomic E-state index is 0.00390. The zero-order chi connectivity index (χ0) is 19.3. The molecule has 0 saturated carbocycles. The summed E-state index contributed by atoms with van der Waals surface area (Å²) in [5, 5.41) is 0.241. The van der Waals surface area contributed by atoms with Crippen LogP contribution >= 0.6 is 0 Å². The SMILES string of the molecule is Cc1cc2c(cc1-c1cc(=O)c3c(C(N)=O)nccc3[nH]1)CC(C)(C)CC2. The van der Waals surface area contributed by atoms with Crippen LogP contribution in [0.3, 0.4) is 0 Å². The van der Waals surface area contributed by atoms with Gasteiger partial charge in [0.05, 0.1) is 10.9 Å². The van der Waals surface area contributed by atoms with Gasteiger partial charge in [-0.1, -0.05) is 19.9 Å². The van der Waals surface area contributed by atoms with Crippen molar-refractivity contribution in [3.8, 4) is 11.3 Å². The Kier molecular flexibility index (Phi) is 3.91. The van der Waals surface area contributed by atoms with E-state index in [4.69, 9.17) is 5.73 Å². The van der Waals surface area contributed by atoms with E-state index in [1.165, 1.54) is 23.7 Å². The van der Waals surface area contributed by atoms with Crippen LogP contribution in [0.4, 0.5) is 0 Å². The second-order valence-corrected chi connectivity index (χ2v) is 8.27. The number of amides is 1. The molecule has 1 aliphatic carbocycles. The van der Waals surface area contributed by atoms with Gasteiger partial charge >= 0.3 is 0 Å². The van der Waals surface area contributed by atoms with E-state index >= 15 is 0 Å². The second kappa shape index (κ2) is 6.05. The summed E-state index contributed by atoms with van der Waals surface area (Å²) in [6.45, 7) is 6.66. The van der Waals surface area contributed by atoms with Crippen molar-refractivity contribution >= 4 is 16.8 Å². The molecule has 0 fully saturated rings. The number of fused-ring (bicyclic) bond motifs is 2. The molecule has 4 rings (SSSR count). The molecule has 138 valence electrons. The average molecular weight is 361 g/mol. The minimum Gasteiger partial charge on any atom is -0.364 e. The Morgan fingerprint density at radius 2 is 2.00 bits per heavy atom. The standard InChI is InChI=1S/C22H23N3O2/c1-12-8-13-4-6-22(2,3)11-14(13)9-15(12)17-10-18(26)19-16(25-17)5-7-24-20(19)21(23)27/h5,7-10H,4,6,11H2,1-3H3,(H2,23,27)(H,25,26). The number of H-pyrrole nitrogens is 1. The summed E-state index contributed by atoms with van der Waals surface area (Å²) < 4.78 is 0. The lowest BCUT2D eigenvalue weighted by atomic mass is 9.73. The van der Waals surface area contributed by atoms with Crippen molar-refractivity contribution in [2.45, 2.75) is 40.0 Å². The third-order valence-electron chi connectivity index (χ3n) is 5.55. The summed E-state index contributed by atoms with van der Waals surface area (Å²) in [5.74, 6) is -0.703. The molecule has 2 heterocycles. The number of nitrogens with two attached hydrogens (primary N) is 1. The van der Waals surface area contributed by atoms with Crippen molar-refractivity contribution in [3.05, 3.63) is 63.1 Å². The summed E-state index contributed by atoms with van der Waals surface area (Å²) in [7, 11) is 0. The summed E-state index contributed by atoms with van der Waals surface area (Å²) in [6, 6.07) is 7.69. The Labute approximate surface area is 157 Å². The first kappa shape index (κ1) is 17.5. The highest BCUT2D eigenvalue weighted by molar-refractivity contribution is 6.03. The largest absolute Gasteiger partial charge is 0.364 e. The number of hydrogen-bond donors (Lipinski definition) is 2. The summed E-state index contributed by atoms with van der Waals surface area (Å²) in [4.78, 5) is 31.6. The molecular weight excluding hydrogens is 338 g/mol. The first-order valence-electron chi connectivity index (χ1n) is 9.20. The predicted octanol–water partition coefficient (Wildman–Crippen LogP) is 3.51. The molecule has 2 aromatic heterocycles. The normalized spacial score (nSPS) is 15.5. The Hall–Kier alpha value is -2.95.